The van der Waals surface area contributed by atoms with Crippen LogP contribution in [0.4, 0.5) is 0 Å². The molecule has 1 fully saturated rings. The third-order valence-corrected chi connectivity index (χ3v) is 3.39. The van der Waals surface area contributed by atoms with Crippen LogP contribution in [-0.4, -0.2) is 36.2 Å². The molecule has 4 nitrogen and oxygen atoms in total. The van der Waals surface area contributed by atoms with Crippen molar-refractivity contribution in [1.82, 2.24) is 10.6 Å². The van der Waals surface area contributed by atoms with Crippen LogP contribution in [0.3, 0.4) is 0 Å². The number of hydrogen-bond donors (Lipinski definition) is 3. The Bertz CT molecular complexity index is 259. The minimum atomic E-state index is -0.797. The average Bonchev–Trinajstić information content (AvgIpc) is 2.26. The van der Waals surface area contributed by atoms with Crippen molar-refractivity contribution < 1.29 is 9.90 Å². The minimum Gasteiger partial charge on any atom is -0.388 e. The van der Waals surface area contributed by atoms with E-state index in [4.69, 9.17) is 0 Å². The second-order valence-electron chi connectivity index (χ2n) is 6.29. The van der Waals surface area contributed by atoms with Gasteiger partial charge in [0.05, 0.1) is 5.60 Å². The first-order valence-corrected chi connectivity index (χ1v) is 7.09. The van der Waals surface area contributed by atoms with Gasteiger partial charge in [0.25, 0.3) is 0 Å². The summed E-state index contributed by atoms with van der Waals surface area (Å²) in [6.45, 7) is 8.30. The molecular weight excluding hydrogens is 228 g/mol. The van der Waals surface area contributed by atoms with Gasteiger partial charge >= 0.3 is 0 Å². The van der Waals surface area contributed by atoms with Gasteiger partial charge in [-0.05, 0) is 51.1 Å². The number of carbonyl (C=O) groups excluding carboxylic acids is 1. The lowest BCUT2D eigenvalue weighted by Gasteiger charge is -2.27. The maximum absolute atomic E-state index is 11.8. The van der Waals surface area contributed by atoms with E-state index in [1.54, 1.807) is 6.92 Å². The lowest BCUT2D eigenvalue weighted by Crippen LogP contribution is -2.42. The SMILES string of the molecule is CC(C)CC(C)(O)CNC(=O)CC1CCCNC1. The molecule has 4 heteroatoms. The molecule has 1 amide bonds. The van der Waals surface area contributed by atoms with Crippen molar-refractivity contribution in [3.8, 4) is 0 Å². The maximum atomic E-state index is 11.8. The quantitative estimate of drug-likeness (QED) is 0.671. The molecule has 18 heavy (non-hydrogen) atoms. The summed E-state index contributed by atoms with van der Waals surface area (Å²) in [4.78, 5) is 11.8. The maximum Gasteiger partial charge on any atom is 0.220 e. The Hall–Kier alpha value is -0.610. The van der Waals surface area contributed by atoms with E-state index < -0.39 is 5.60 Å². The van der Waals surface area contributed by atoms with Gasteiger partial charge in [0, 0.05) is 13.0 Å². The summed E-state index contributed by atoms with van der Waals surface area (Å²) in [5, 5.41) is 16.3. The molecule has 1 heterocycles. The van der Waals surface area contributed by atoms with Crippen LogP contribution in [0.15, 0.2) is 0 Å². The van der Waals surface area contributed by atoms with Crippen LogP contribution in [0, 0.1) is 11.8 Å². The van der Waals surface area contributed by atoms with Crippen LogP contribution in [0.1, 0.15) is 46.5 Å². The number of piperidine rings is 1. The fourth-order valence-corrected chi connectivity index (χ4v) is 2.67. The van der Waals surface area contributed by atoms with Gasteiger partial charge in [0.1, 0.15) is 0 Å². The molecule has 2 atom stereocenters. The minimum absolute atomic E-state index is 0.0627. The summed E-state index contributed by atoms with van der Waals surface area (Å²) in [5.41, 5.74) is -0.797. The zero-order chi connectivity index (χ0) is 13.6. The molecule has 0 aromatic heterocycles. The van der Waals surface area contributed by atoms with Crippen LogP contribution in [-0.2, 0) is 4.79 Å². The van der Waals surface area contributed by atoms with E-state index in [9.17, 15) is 9.90 Å². The monoisotopic (exact) mass is 256 g/mol. The second-order valence-corrected chi connectivity index (χ2v) is 6.29. The number of carbonyl (C=O) groups is 1. The molecule has 1 saturated heterocycles. The predicted molar refractivity (Wildman–Crippen MR) is 73.3 cm³/mol. The Kier molecular flexibility index (Phi) is 6.09. The van der Waals surface area contributed by atoms with E-state index in [0.29, 0.717) is 31.2 Å². The number of rotatable bonds is 6. The Morgan fingerprint density at radius 3 is 2.83 bits per heavy atom. The van der Waals surface area contributed by atoms with Crippen LogP contribution >= 0.6 is 0 Å². The van der Waals surface area contributed by atoms with Gasteiger partial charge < -0.3 is 15.7 Å². The average molecular weight is 256 g/mol. The molecule has 0 aromatic carbocycles. The van der Waals surface area contributed by atoms with Gasteiger partial charge in [-0.3, -0.25) is 4.79 Å². The zero-order valence-corrected chi connectivity index (χ0v) is 12.0. The van der Waals surface area contributed by atoms with Gasteiger partial charge in [0.2, 0.25) is 5.91 Å². The molecule has 0 aliphatic carbocycles. The lowest BCUT2D eigenvalue weighted by atomic mass is 9.93. The molecule has 1 aliphatic rings. The van der Waals surface area contributed by atoms with Crippen molar-refractivity contribution in [1.29, 1.82) is 0 Å². The zero-order valence-electron chi connectivity index (χ0n) is 12.0. The summed E-state index contributed by atoms with van der Waals surface area (Å²) in [6, 6.07) is 0. The molecule has 1 rings (SSSR count). The third-order valence-electron chi connectivity index (χ3n) is 3.39. The summed E-state index contributed by atoms with van der Waals surface area (Å²) in [5.74, 6) is 0.945. The van der Waals surface area contributed by atoms with Gasteiger partial charge in [-0.25, -0.2) is 0 Å². The molecule has 3 N–H and O–H groups in total. The first kappa shape index (κ1) is 15.4. The molecule has 0 aromatic rings. The highest BCUT2D eigenvalue weighted by molar-refractivity contribution is 5.76. The molecule has 2 unspecified atom stereocenters. The van der Waals surface area contributed by atoms with Crippen LogP contribution < -0.4 is 10.6 Å². The van der Waals surface area contributed by atoms with E-state index >= 15 is 0 Å². The number of hydrogen-bond acceptors (Lipinski definition) is 3. The number of aliphatic hydroxyl groups is 1. The van der Waals surface area contributed by atoms with Crippen molar-refractivity contribution in [3.63, 3.8) is 0 Å². The van der Waals surface area contributed by atoms with E-state index in [-0.39, 0.29) is 5.91 Å². The Morgan fingerprint density at radius 1 is 1.56 bits per heavy atom. The molecular formula is C14H28N2O2. The fraction of sp³-hybridized carbons (Fsp3) is 0.929. The molecule has 0 spiro atoms. The molecule has 0 saturated carbocycles. The summed E-state index contributed by atoms with van der Waals surface area (Å²) in [6.07, 6.45) is 3.56. The van der Waals surface area contributed by atoms with Gasteiger partial charge in [-0.15, -0.1) is 0 Å². The van der Waals surface area contributed by atoms with Crippen LogP contribution in [0.25, 0.3) is 0 Å². The first-order chi connectivity index (χ1) is 8.39. The van der Waals surface area contributed by atoms with Crippen molar-refractivity contribution in [2.45, 2.75) is 52.1 Å². The van der Waals surface area contributed by atoms with E-state index in [1.807, 2.05) is 0 Å². The molecule has 0 radical (unpaired) electrons. The highest BCUT2D eigenvalue weighted by Crippen LogP contribution is 2.16. The third kappa shape index (κ3) is 6.36. The Morgan fingerprint density at radius 2 is 2.28 bits per heavy atom. The number of amides is 1. The summed E-state index contributed by atoms with van der Waals surface area (Å²) < 4.78 is 0. The van der Waals surface area contributed by atoms with Crippen molar-refractivity contribution >= 4 is 5.91 Å². The Labute approximate surface area is 111 Å². The van der Waals surface area contributed by atoms with E-state index in [2.05, 4.69) is 24.5 Å². The first-order valence-electron chi connectivity index (χ1n) is 7.09. The highest BCUT2D eigenvalue weighted by Gasteiger charge is 2.23. The lowest BCUT2D eigenvalue weighted by molar-refractivity contribution is -0.123. The second kappa shape index (κ2) is 7.10. The standard InChI is InChI=1S/C14H28N2O2/c1-11(2)8-14(3,18)10-16-13(17)7-12-5-4-6-15-9-12/h11-12,15,18H,4-10H2,1-3H3,(H,16,17). The molecule has 1 aliphatic heterocycles. The van der Waals surface area contributed by atoms with Gasteiger partial charge in [-0.2, -0.15) is 0 Å². The summed E-state index contributed by atoms with van der Waals surface area (Å²) in [7, 11) is 0. The van der Waals surface area contributed by atoms with Crippen LogP contribution in [0.5, 0.6) is 0 Å². The largest absolute Gasteiger partial charge is 0.388 e. The van der Waals surface area contributed by atoms with E-state index in [1.165, 1.54) is 0 Å². The highest BCUT2D eigenvalue weighted by atomic mass is 16.3. The topological polar surface area (TPSA) is 61.4 Å². The van der Waals surface area contributed by atoms with Gasteiger partial charge in [-0.1, -0.05) is 13.8 Å². The summed E-state index contributed by atoms with van der Waals surface area (Å²) >= 11 is 0. The van der Waals surface area contributed by atoms with Crippen LogP contribution in [0.2, 0.25) is 0 Å². The van der Waals surface area contributed by atoms with Crippen molar-refractivity contribution in [3.05, 3.63) is 0 Å². The van der Waals surface area contributed by atoms with E-state index in [0.717, 1.165) is 25.9 Å². The fourth-order valence-electron chi connectivity index (χ4n) is 2.67. The Balaban J connectivity index is 2.23. The normalized spacial score (nSPS) is 23.7. The van der Waals surface area contributed by atoms with Gasteiger partial charge in [0.15, 0.2) is 0 Å². The smallest absolute Gasteiger partial charge is 0.220 e. The molecule has 0 bridgehead atoms. The predicted octanol–water partition coefficient (Wildman–Crippen LogP) is 1.29. The van der Waals surface area contributed by atoms with Crippen molar-refractivity contribution in [2.75, 3.05) is 19.6 Å². The molecule has 106 valence electrons. The number of nitrogens with one attached hydrogen (secondary N) is 2. The van der Waals surface area contributed by atoms with Crippen molar-refractivity contribution in [2.24, 2.45) is 11.8 Å².